The summed E-state index contributed by atoms with van der Waals surface area (Å²) >= 11 is 0. The predicted molar refractivity (Wildman–Crippen MR) is 71.7 cm³/mol. The summed E-state index contributed by atoms with van der Waals surface area (Å²) in [6, 6.07) is 9.06. The van der Waals surface area contributed by atoms with Crippen LogP contribution >= 0.6 is 0 Å². The molecule has 0 bridgehead atoms. The van der Waals surface area contributed by atoms with Gasteiger partial charge in [0.05, 0.1) is 17.4 Å². The van der Waals surface area contributed by atoms with E-state index < -0.39 is 6.04 Å². The molecule has 1 saturated heterocycles. The maximum Gasteiger partial charge on any atom is 0.249 e. The van der Waals surface area contributed by atoms with Crippen molar-refractivity contribution in [2.24, 2.45) is 0 Å². The first-order valence-electron chi connectivity index (χ1n) is 6.11. The third-order valence-corrected chi connectivity index (χ3v) is 3.20. The highest BCUT2D eigenvalue weighted by molar-refractivity contribution is 6.06. The number of amides is 2. The molecular formula is C14H13N3O2. The molecule has 19 heavy (non-hydrogen) atoms. The standard InChI is InChI=1S/C14H13N3O2/c1-9-14(19)17(8-13(18)16-9)11-6-10-4-2-3-5-12(10)15-7-11/h2-7,9H,8H2,1H3,(H,16,18). The average molecular weight is 255 g/mol. The zero-order valence-corrected chi connectivity index (χ0v) is 10.5. The summed E-state index contributed by atoms with van der Waals surface area (Å²) < 4.78 is 0. The molecule has 1 N–H and O–H groups in total. The van der Waals surface area contributed by atoms with Gasteiger partial charge < -0.3 is 5.32 Å². The van der Waals surface area contributed by atoms with Gasteiger partial charge in [0, 0.05) is 5.39 Å². The summed E-state index contributed by atoms with van der Waals surface area (Å²) in [5, 5.41) is 3.57. The monoisotopic (exact) mass is 255 g/mol. The van der Waals surface area contributed by atoms with E-state index in [-0.39, 0.29) is 18.4 Å². The quantitative estimate of drug-likeness (QED) is 0.829. The lowest BCUT2D eigenvalue weighted by Crippen LogP contribution is -2.57. The van der Waals surface area contributed by atoms with E-state index in [1.165, 1.54) is 4.90 Å². The summed E-state index contributed by atoms with van der Waals surface area (Å²) in [4.78, 5) is 29.4. The smallest absolute Gasteiger partial charge is 0.249 e. The Hall–Kier alpha value is -2.43. The summed E-state index contributed by atoms with van der Waals surface area (Å²) in [6.45, 7) is 1.73. The molecule has 0 spiro atoms. The van der Waals surface area contributed by atoms with Crippen molar-refractivity contribution in [2.75, 3.05) is 11.4 Å². The van der Waals surface area contributed by atoms with Crippen molar-refractivity contribution in [1.82, 2.24) is 10.3 Å². The number of pyridine rings is 1. The van der Waals surface area contributed by atoms with Crippen molar-refractivity contribution < 1.29 is 9.59 Å². The molecule has 2 heterocycles. The van der Waals surface area contributed by atoms with Crippen molar-refractivity contribution in [1.29, 1.82) is 0 Å². The van der Waals surface area contributed by atoms with Crippen molar-refractivity contribution in [3.63, 3.8) is 0 Å². The van der Waals surface area contributed by atoms with Gasteiger partial charge in [-0.15, -0.1) is 0 Å². The van der Waals surface area contributed by atoms with Gasteiger partial charge in [0.1, 0.15) is 12.6 Å². The summed E-state index contributed by atoms with van der Waals surface area (Å²) in [5.41, 5.74) is 1.53. The number of para-hydroxylation sites is 1. The minimum absolute atomic E-state index is 0.0448. The number of aromatic nitrogens is 1. The predicted octanol–water partition coefficient (Wildman–Crippen LogP) is 1.09. The van der Waals surface area contributed by atoms with Crippen LogP contribution in [0, 0.1) is 0 Å². The first-order valence-corrected chi connectivity index (χ1v) is 6.11. The number of anilines is 1. The fourth-order valence-corrected chi connectivity index (χ4v) is 2.23. The molecule has 1 atom stereocenters. The lowest BCUT2D eigenvalue weighted by atomic mass is 10.1. The fraction of sp³-hybridized carbons (Fsp3) is 0.214. The fourth-order valence-electron chi connectivity index (χ4n) is 2.23. The molecule has 0 saturated carbocycles. The van der Waals surface area contributed by atoms with E-state index in [4.69, 9.17) is 0 Å². The number of rotatable bonds is 1. The molecule has 1 unspecified atom stereocenters. The second kappa shape index (κ2) is 4.35. The van der Waals surface area contributed by atoms with Crippen LogP contribution in [0.15, 0.2) is 36.5 Å². The van der Waals surface area contributed by atoms with E-state index >= 15 is 0 Å². The highest BCUT2D eigenvalue weighted by atomic mass is 16.2. The Bertz CT molecular complexity index is 669. The Kier molecular flexibility index (Phi) is 2.67. The summed E-state index contributed by atoms with van der Waals surface area (Å²) in [6.07, 6.45) is 1.63. The molecule has 1 aromatic heterocycles. The zero-order valence-electron chi connectivity index (χ0n) is 10.5. The average Bonchev–Trinajstić information content (AvgIpc) is 2.42. The normalized spacial score (nSPS) is 19.6. The molecule has 2 aromatic rings. The molecule has 1 aromatic carbocycles. The van der Waals surface area contributed by atoms with Gasteiger partial charge in [0.25, 0.3) is 0 Å². The molecule has 1 aliphatic rings. The van der Waals surface area contributed by atoms with Gasteiger partial charge in [-0.05, 0) is 19.1 Å². The molecule has 0 aliphatic carbocycles. The number of hydrogen-bond donors (Lipinski definition) is 1. The largest absolute Gasteiger partial charge is 0.343 e. The highest BCUT2D eigenvalue weighted by Gasteiger charge is 2.30. The lowest BCUT2D eigenvalue weighted by Gasteiger charge is -2.30. The second-order valence-electron chi connectivity index (χ2n) is 4.60. The van der Waals surface area contributed by atoms with Gasteiger partial charge in [-0.2, -0.15) is 0 Å². The number of fused-ring (bicyclic) bond motifs is 1. The minimum Gasteiger partial charge on any atom is -0.343 e. The maximum atomic E-state index is 12.1. The van der Waals surface area contributed by atoms with Crippen LogP contribution in [0.1, 0.15) is 6.92 Å². The van der Waals surface area contributed by atoms with Crippen molar-refractivity contribution in [3.8, 4) is 0 Å². The number of carbonyl (C=O) groups excluding carboxylic acids is 2. The van der Waals surface area contributed by atoms with Gasteiger partial charge in [-0.3, -0.25) is 19.5 Å². The summed E-state index contributed by atoms with van der Waals surface area (Å²) in [5.74, 6) is -0.267. The second-order valence-corrected chi connectivity index (χ2v) is 4.60. The Labute approximate surface area is 110 Å². The number of hydrogen-bond acceptors (Lipinski definition) is 3. The van der Waals surface area contributed by atoms with E-state index in [1.54, 1.807) is 13.1 Å². The molecule has 3 rings (SSSR count). The number of nitrogens with zero attached hydrogens (tertiary/aromatic N) is 2. The van der Waals surface area contributed by atoms with Gasteiger partial charge in [-0.1, -0.05) is 18.2 Å². The van der Waals surface area contributed by atoms with E-state index in [0.717, 1.165) is 10.9 Å². The van der Waals surface area contributed by atoms with Crippen molar-refractivity contribution in [2.45, 2.75) is 13.0 Å². The van der Waals surface area contributed by atoms with Gasteiger partial charge in [0.2, 0.25) is 11.8 Å². The van der Waals surface area contributed by atoms with E-state index in [9.17, 15) is 9.59 Å². The molecule has 96 valence electrons. The van der Waals surface area contributed by atoms with E-state index in [0.29, 0.717) is 5.69 Å². The zero-order chi connectivity index (χ0) is 13.4. The van der Waals surface area contributed by atoms with Crippen LogP contribution in [0.3, 0.4) is 0 Å². The third-order valence-electron chi connectivity index (χ3n) is 3.20. The van der Waals surface area contributed by atoms with Crippen LogP contribution < -0.4 is 10.2 Å². The van der Waals surface area contributed by atoms with Gasteiger partial charge >= 0.3 is 0 Å². The SMILES string of the molecule is CC1NC(=O)CN(c2cnc3ccccc3c2)C1=O. The number of benzene rings is 1. The van der Waals surface area contributed by atoms with Crippen LogP contribution in [0.2, 0.25) is 0 Å². The summed E-state index contributed by atoms with van der Waals surface area (Å²) in [7, 11) is 0. The molecule has 0 radical (unpaired) electrons. The van der Waals surface area contributed by atoms with Gasteiger partial charge in [0.15, 0.2) is 0 Å². The first-order chi connectivity index (χ1) is 9.15. The number of nitrogens with one attached hydrogen (secondary N) is 1. The number of carbonyl (C=O) groups is 2. The third kappa shape index (κ3) is 2.03. The van der Waals surface area contributed by atoms with E-state index in [2.05, 4.69) is 10.3 Å². The molecule has 5 nitrogen and oxygen atoms in total. The first kappa shape index (κ1) is 11.6. The minimum atomic E-state index is -0.493. The number of piperazine rings is 1. The Morgan fingerprint density at radius 2 is 2.11 bits per heavy atom. The van der Waals surface area contributed by atoms with E-state index in [1.807, 2.05) is 30.3 Å². The van der Waals surface area contributed by atoms with Crippen LogP contribution in [0.5, 0.6) is 0 Å². The lowest BCUT2D eigenvalue weighted by molar-refractivity contribution is -0.130. The van der Waals surface area contributed by atoms with Crippen LogP contribution in [0.25, 0.3) is 10.9 Å². The Balaban J connectivity index is 2.03. The Morgan fingerprint density at radius 1 is 1.32 bits per heavy atom. The maximum absolute atomic E-state index is 12.1. The molecule has 1 fully saturated rings. The molecule has 2 amide bonds. The Morgan fingerprint density at radius 3 is 2.95 bits per heavy atom. The van der Waals surface area contributed by atoms with Crippen LogP contribution in [-0.4, -0.2) is 29.4 Å². The van der Waals surface area contributed by atoms with Gasteiger partial charge in [-0.25, -0.2) is 0 Å². The van der Waals surface area contributed by atoms with Crippen molar-refractivity contribution in [3.05, 3.63) is 36.5 Å². The molecular weight excluding hydrogens is 242 g/mol. The van der Waals surface area contributed by atoms with Crippen molar-refractivity contribution >= 4 is 28.4 Å². The van der Waals surface area contributed by atoms with Crippen LogP contribution in [-0.2, 0) is 9.59 Å². The topological polar surface area (TPSA) is 62.3 Å². The molecule has 1 aliphatic heterocycles. The molecule has 5 heteroatoms. The highest BCUT2D eigenvalue weighted by Crippen LogP contribution is 2.21. The van der Waals surface area contributed by atoms with Crippen LogP contribution in [0.4, 0.5) is 5.69 Å².